The predicted molar refractivity (Wildman–Crippen MR) is 172 cm³/mol. The first-order valence-corrected chi connectivity index (χ1v) is 16.2. The summed E-state index contributed by atoms with van der Waals surface area (Å²) in [6.07, 6.45) is 14.4. The third kappa shape index (κ3) is 5.64. The summed E-state index contributed by atoms with van der Waals surface area (Å²) in [6, 6.07) is 22.1. The molecule has 0 amide bonds. The molecule has 2 N–H and O–H groups in total. The van der Waals surface area contributed by atoms with Gasteiger partial charge in [0.2, 0.25) is 0 Å². The van der Waals surface area contributed by atoms with E-state index in [2.05, 4.69) is 16.7 Å². The van der Waals surface area contributed by atoms with Crippen molar-refractivity contribution in [2.75, 3.05) is 6.54 Å². The monoisotopic (exact) mass is 572 g/mol. The standard InChI is InChI=1S/C38H40N2O3/c41-35(25-12-4-1-5-13-25)30-18-10-11-19-31(30)38-33-22-27(24-40-29-16-8-3-9-17-29)36(42)32-21-20-26(37(43-38)34(32)33)23-39-28-14-6-2-7-15-28/h1,4-5,10-13,18-22,28-29,39-40H,2-3,6-9,14-17,23-24H2. The number of carbonyl (C=O) groups excluding carboxylic acids is 2. The van der Waals surface area contributed by atoms with Crippen LogP contribution >= 0.6 is 0 Å². The first-order chi connectivity index (χ1) is 21.2. The van der Waals surface area contributed by atoms with Crippen LogP contribution in [0.4, 0.5) is 0 Å². The van der Waals surface area contributed by atoms with E-state index in [-0.39, 0.29) is 11.6 Å². The van der Waals surface area contributed by atoms with E-state index in [1.807, 2.05) is 66.7 Å². The van der Waals surface area contributed by atoms with E-state index in [1.165, 1.54) is 51.4 Å². The highest BCUT2D eigenvalue weighted by atomic mass is 16.3. The zero-order chi connectivity index (χ0) is 29.2. The van der Waals surface area contributed by atoms with E-state index in [0.717, 1.165) is 46.1 Å². The Morgan fingerprint density at radius 2 is 1.37 bits per heavy atom. The molecule has 0 saturated heterocycles. The van der Waals surface area contributed by atoms with Crippen LogP contribution in [0.1, 0.15) is 102 Å². The average Bonchev–Trinajstić information content (AvgIpc) is 3.45. The van der Waals surface area contributed by atoms with Crippen LogP contribution in [-0.4, -0.2) is 30.2 Å². The molecule has 5 heteroatoms. The molecule has 1 aromatic heterocycles. The molecule has 4 aromatic rings. The van der Waals surface area contributed by atoms with Gasteiger partial charge in [0.05, 0.1) is 0 Å². The molecular formula is C38H40N2O3. The van der Waals surface area contributed by atoms with Crippen molar-refractivity contribution in [1.82, 2.24) is 10.6 Å². The fourth-order valence-electron chi connectivity index (χ4n) is 7.24. The number of rotatable bonds is 9. The number of hydrogen-bond donors (Lipinski definition) is 2. The number of hydrogen-bond acceptors (Lipinski definition) is 5. The normalized spacial score (nSPS) is 17.8. The van der Waals surface area contributed by atoms with Crippen molar-refractivity contribution in [3.05, 3.63) is 100 Å². The molecule has 7 rings (SSSR count). The topological polar surface area (TPSA) is 71.3 Å². The van der Waals surface area contributed by atoms with Crippen molar-refractivity contribution in [1.29, 1.82) is 0 Å². The van der Waals surface area contributed by atoms with Gasteiger partial charge in [0.25, 0.3) is 0 Å². The molecule has 3 aliphatic carbocycles. The van der Waals surface area contributed by atoms with Gasteiger partial charge in [0, 0.05) is 69.5 Å². The molecule has 1 heterocycles. The lowest BCUT2D eigenvalue weighted by atomic mass is 9.87. The molecule has 43 heavy (non-hydrogen) atoms. The Morgan fingerprint density at radius 1 is 0.721 bits per heavy atom. The van der Waals surface area contributed by atoms with Crippen LogP contribution < -0.4 is 10.6 Å². The molecule has 5 nitrogen and oxygen atoms in total. The SMILES string of the molecule is O=C(c1ccccc1)c1ccccc1-c1oc2c(CNC3CCCCC3)ccc3c2c1C=C(CNC1CCCCC1)C3=O. The lowest BCUT2D eigenvalue weighted by molar-refractivity contribution is 0.102. The van der Waals surface area contributed by atoms with Crippen LogP contribution in [0.25, 0.3) is 28.4 Å². The minimum Gasteiger partial charge on any atom is -0.455 e. The van der Waals surface area contributed by atoms with Crippen LogP contribution in [0.5, 0.6) is 0 Å². The second-order valence-electron chi connectivity index (χ2n) is 12.5. The Hall–Kier alpha value is -3.80. The van der Waals surface area contributed by atoms with Crippen molar-refractivity contribution in [3.8, 4) is 11.3 Å². The van der Waals surface area contributed by atoms with E-state index in [4.69, 9.17) is 4.42 Å². The molecule has 0 aliphatic heterocycles. The van der Waals surface area contributed by atoms with Crippen LogP contribution in [-0.2, 0) is 6.54 Å². The van der Waals surface area contributed by atoms with Gasteiger partial charge in [-0.05, 0) is 37.8 Å². The lowest BCUT2D eigenvalue weighted by Crippen LogP contribution is -2.34. The number of nitrogens with one attached hydrogen (secondary N) is 2. The van der Waals surface area contributed by atoms with Gasteiger partial charge in [-0.25, -0.2) is 0 Å². The summed E-state index contributed by atoms with van der Waals surface area (Å²) in [5, 5.41) is 8.30. The maximum atomic E-state index is 13.9. The fourth-order valence-corrected chi connectivity index (χ4v) is 7.24. The Morgan fingerprint density at radius 3 is 2.09 bits per heavy atom. The highest BCUT2D eigenvalue weighted by Crippen LogP contribution is 2.43. The molecule has 0 unspecified atom stereocenters. The summed E-state index contributed by atoms with van der Waals surface area (Å²) < 4.78 is 6.78. The Kier molecular flexibility index (Phi) is 8.10. The molecule has 0 atom stereocenters. The van der Waals surface area contributed by atoms with Gasteiger partial charge in [-0.2, -0.15) is 0 Å². The van der Waals surface area contributed by atoms with Crippen molar-refractivity contribution < 1.29 is 14.0 Å². The summed E-state index contributed by atoms with van der Waals surface area (Å²) >= 11 is 0. The van der Waals surface area contributed by atoms with Gasteiger partial charge < -0.3 is 15.1 Å². The third-order valence-corrected chi connectivity index (χ3v) is 9.64. The number of carbonyl (C=O) groups is 2. The van der Waals surface area contributed by atoms with Crippen molar-refractivity contribution in [2.45, 2.75) is 82.8 Å². The summed E-state index contributed by atoms with van der Waals surface area (Å²) in [7, 11) is 0. The van der Waals surface area contributed by atoms with Crippen LogP contribution in [0.15, 0.2) is 76.7 Å². The van der Waals surface area contributed by atoms with Gasteiger partial charge >= 0.3 is 0 Å². The smallest absolute Gasteiger partial charge is 0.193 e. The average molecular weight is 573 g/mol. The molecule has 2 fully saturated rings. The maximum Gasteiger partial charge on any atom is 0.193 e. The maximum absolute atomic E-state index is 13.9. The van der Waals surface area contributed by atoms with E-state index < -0.39 is 0 Å². The predicted octanol–water partition coefficient (Wildman–Crippen LogP) is 8.26. The Balaban J connectivity index is 1.32. The van der Waals surface area contributed by atoms with Gasteiger partial charge in [-0.3, -0.25) is 9.59 Å². The number of ketones is 2. The van der Waals surface area contributed by atoms with Crippen LogP contribution in [0, 0.1) is 0 Å². The molecule has 0 spiro atoms. The molecule has 0 bridgehead atoms. The van der Waals surface area contributed by atoms with Gasteiger partial charge in [-0.15, -0.1) is 0 Å². The third-order valence-electron chi connectivity index (χ3n) is 9.64. The summed E-state index contributed by atoms with van der Waals surface area (Å²) in [5.74, 6) is 0.677. The van der Waals surface area contributed by atoms with Crippen molar-refractivity contribution >= 4 is 28.6 Å². The second kappa shape index (κ2) is 12.4. The molecule has 220 valence electrons. The zero-order valence-corrected chi connectivity index (χ0v) is 24.8. The fraction of sp³-hybridized carbons (Fsp3) is 0.368. The van der Waals surface area contributed by atoms with E-state index >= 15 is 0 Å². The number of benzene rings is 3. The molecule has 3 aromatic carbocycles. The number of Topliss-reactive ketones (excluding diaryl/α,β-unsaturated/α-hetero) is 1. The Bertz CT molecular complexity index is 1670. The second-order valence-corrected chi connectivity index (χ2v) is 12.5. The largest absolute Gasteiger partial charge is 0.455 e. The summed E-state index contributed by atoms with van der Waals surface area (Å²) in [6.45, 7) is 1.22. The van der Waals surface area contributed by atoms with Gasteiger partial charge in [0.1, 0.15) is 11.3 Å². The molecule has 3 aliphatic rings. The van der Waals surface area contributed by atoms with E-state index in [0.29, 0.717) is 47.6 Å². The van der Waals surface area contributed by atoms with Gasteiger partial charge in [-0.1, -0.05) is 99.2 Å². The first kappa shape index (κ1) is 28.0. The summed E-state index contributed by atoms with van der Waals surface area (Å²) in [5.41, 5.74) is 6.13. The van der Waals surface area contributed by atoms with Crippen molar-refractivity contribution in [3.63, 3.8) is 0 Å². The number of furan rings is 1. The van der Waals surface area contributed by atoms with Crippen molar-refractivity contribution in [2.24, 2.45) is 0 Å². The molecule has 2 saturated carbocycles. The highest BCUT2D eigenvalue weighted by Gasteiger charge is 2.31. The molecular weight excluding hydrogens is 532 g/mol. The minimum absolute atomic E-state index is 0.0432. The minimum atomic E-state index is -0.0432. The van der Waals surface area contributed by atoms with Crippen LogP contribution in [0.2, 0.25) is 0 Å². The summed E-state index contributed by atoms with van der Waals surface area (Å²) in [4.78, 5) is 27.6. The quantitative estimate of drug-likeness (QED) is 0.198. The lowest BCUT2D eigenvalue weighted by Gasteiger charge is -2.24. The highest BCUT2D eigenvalue weighted by molar-refractivity contribution is 6.24. The zero-order valence-electron chi connectivity index (χ0n) is 24.8. The van der Waals surface area contributed by atoms with Crippen LogP contribution in [0.3, 0.4) is 0 Å². The molecule has 0 radical (unpaired) electrons. The van der Waals surface area contributed by atoms with Gasteiger partial charge in [0.15, 0.2) is 11.6 Å². The Labute approximate surface area is 253 Å². The van der Waals surface area contributed by atoms with E-state index in [1.54, 1.807) is 0 Å². The first-order valence-electron chi connectivity index (χ1n) is 16.2. The van der Waals surface area contributed by atoms with E-state index in [9.17, 15) is 9.59 Å².